The minimum Gasteiger partial charge on any atom is -0.461 e. The summed E-state index contributed by atoms with van der Waals surface area (Å²) in [5.74, 6) is 0.423. The molecule has 1 saturated carbocycles. The fraction of sp³-hybridized carbons (Fsp3) is 0.714. The third-order valence-corrected chi connectivity index (χ3v) is 3.74. The first-order valence-electron chi connectivity index (χ1n) is 7.12. The van der Waals surface area contributed by atoms with Gasteiger partial charge in [-0.05, 0) is 38.5 Å². The van der Waals surface area contributed by atoms with Gasteiger partial charge in [0.1, 0.15) is 6.26 Å². The third-order valence-electron chi connectivity index (χ3n) is 3.74. The number of rotatable bonds is 5. The average molecular weight is 266 g/mol. The van der Waals surface area contributed by atoms with Crippen LogP contribution in [0, 0.1) is 5.92 Å². The number of aromatic nitrogens is 1. The summed E-state index contributed by atoms with van der Waals surface area (Å²) in [6, 6.07) is 0.819. The molecule has 1 aliphatic carbocycles. The molecule has 0 aromatic carbocycles. The van der Waals surface area contributed by atoms with E-state index in [1.54, 1.807) is 6.92 Å². The minimum absolute atomic E-state index is 0.228. The molecular weight excluding hydrogens is 244 g/mol. The molecule has 0 saturated heterocycles. The van der Waals surface area contributed by atoms with Gasteiger partial charge in [-0.15, -0.1) is 0 Å². The van der Waals surface area contributed by atoms with E-state index in [0.29, 0.717) is 18.7 Å². The summed E-state index contributed by atoms with van der Waals surface area (Å²) in [6.07, 6.45) is 7.38. The summed E-state index contributed by atoms with van der Waals surface area (Å²) in [7, 11) is 0. The Morgan fingerprint density at radius 1 is 1.42 bits per heavy atom. The van der Waals surface area contributed by atoms with Crippen LogP contribution >= 0.6 is 0 Å². The molecular formula is C14H22N2O3. The maximum absolute atomic E-state index is 11.5. The van der Waals surface area contributed by atoms with Gasteiger partial charge in [0.05, 0.1) is 6.61 Å². The number of carbonyl (C=O) groups is 1. The van der Waals surface area contributed by atoms with Crippen LogP contribution in [0.5, 0.6) is 0 Å². The first-order chi connectivity index (χ1) is 9.22. The van der Waals surface area contributed by atoms with Crippen LogP contribution in [0.25, 0.3) is 0 Å². The van der Waals surface area contributed by atoms with Crippen molar-refractivity contribution < 1.29 is 13.9 Å². The molecule has 5 heteroatoms. The largest absolute Gasteiger partial charge is 0.461 e. The zero-order chi connectivity index (χ0) is 13.7. The Morgan fingerprint density at radius 3 is 2.79 bits per heavy atom. The molecule has 5 nitrogen and oxygen atoms in total. The lowest BCUT2D eigenvalue weighted by atomic mass is 9.85. The van der Waals surface area contributed by atoms with Crippen LogP contribution in [0.1, 0.15) is 56.4 Å². The lowest BCUT2D eigenvalue weighted by molar-refractivity contribution is 0.0519. The van der Waals surface area contributed by atoms with Gasteiger partial charge in [-0.1, -0.05) is 13.3 Å². The maximum atomic E-state index is 11.5. The highest BCUT2D eigenvalue weighted by Gasteiger charge is 2.21. The quantitative estimate of drug-likeness (QED) is 0.829. The van der Waals surface area contributed by atoms with Crippen LogP contribution in [-0.4, -0.2) is 23.6 Å². The van der Waals surface area contributed by atoms with Crippen molar-refractivity contribution in [1.82, 2.24) is 4.98 Å². The van der Waals surface area contributed by atoms with Crippen molar-refractivity contribution >= 4 is 12.0 Å². The van der Waals surface area contributed by atoms with Crippen LogP contribution in [0.3, 0.4) is 0 Å². The van der Waals surface area contributed by atoms with Crippen molar-refractivity contribution in [3.63, 3.8) is 0 Å². The van der Waals surface area contributed by atoms with E-state index >= 15 is 0 Å². The average Bonchev–Trinajstić information content (AvgIpc) is 2.88. The van der Waals surface area contributed by atoms with Gasteiger partial charge in [-0.2, -0.15) is 4.98 Å². The summed E-state index contributed by atoms with van der Waals surface area (Å²) < 4.78 is 10.1. The molecule has 106 valence electrons. The summed E-state index contributed by atoms with van der Waals surface area (Å²) in [5.41, 5.74) is 0.228. The second kappa shape index (κ2) is 6.59. The molecule has 0 spiro atoms. The van der Waals surface area contributed by atoms with E-state index in [9.17, 15) is 4.79 Å². The first kappa shape index (κ1) is 13.9. The standard InChI is InChI=1S/C14H22N2O3/c1-3-10-5-7-11(8-6-10)15-14-16-12(9-19-14)13(17)18-4-2/h9-11H,3-8H2,1-2H3,(H,15,16). The molecule has 1 N–H and O–H groups in total. The third kappa shape index (κ3) is 3.72. The molecule has 0 atom stereocenters. The number of nitrogens with zero attached hydrogens (tertiary/aromatic N) is 1. The number of carbonyl (C=O) groups excluding carboxylic acids is 1. The number of hydrogen-bond acceptors (Lipinski definition) is 5. The van der Waals surface area contributed by atoms with Crippen molar-refractivity contribution in [2.75, 3.05) is 11.9 Å². The Labute approximate surface area is 113 Å². The molecule has 1 fully saturated rings. The highest BCUT2D eigenvalue weighted by atomic mass is 16.5. The molecule has 1 aliphatic rings. The van der Waals surface area contributed by atoms with Crippen LogP contribution < -0.4 is 5.32 Å². The highest BCUT2D eigenvalue weighted by molar-refractivity contribution is 5.87. The Balaban J connectivity index is 1.85. The Morgan fingerprint density at radius 2 is 2.16 bits per heavy atom. The summed E-state index contributed by atoms with van der Waals surface area (Å²) >= 11 is 0. The molecule has 1 aromatic rings. The fourth-order valence-electron chi connectivity index (χ4n) is 2.53. The van der Waals surface area contributed by atoms with Gasteiger partial charge >= 0.3 is 5.97 Å². The molecule has 0 unspecified atom stereocenters. The van der Waals surface area contributed by atoms with Crippen LogP contribution in [0.4, 0.5) is 6.01 Å². The highest BCUT2D eigenvalue weighted by Crippen LogP contribution is 2.28. The normalized spacial score (nSPS) is 23.1. The number of hydrogen-bond donors (Lipinski definition) is 1. The second-order valence-electron chi connectivity index (χ2n) is 5.03. The van der Waals surface area contributed by atoms with E-state index in [2.05, 4.69) is 17.2 Å². The summed E-state index contributed by atoms with van der Waals surface area (Å²) in [6.45, 7) is 4.36. The lowest BCUT2D eigenvalue weighted by Gasteiger charge is -2.27. The predicted molar refractivity (Wildman–Crippen MR) is 72.1 cm³/mol. The van der Waals surface area contributed by atoms with E-state index in [1.807, 2.05) is 0 Å². The van der Waals surface area contributed by atoms with E-state index in [4.69, 9.17) is 9.15 Å². The monoisotopic (exact) mass is 266 g/mol. The van der Waals surface area contributed by atoms with Crippen molar-refractivity contribution in [2.45, 2.75) is 52.0 Å². The molecule has 0 amide bonds. The van der Waals surface area contributed by atoms with E-state index in [0.717, 1.165) is 18.8 Å². The number of ether oxygens (including phenoxy) is 1. The molecule has 19 heavy (non-hydrogen) atoms. The molecule has 1 heterocycles. The van der Waals surface area contributed by atoms with Gasteiger partial charge in [0.15, 0.2) is 5.69 Å². The van der Waals surface area contributed by atoms with E-state index in [1.165, 1.54) is 25.5 Å². The van der Waals surface area contributed by atoms with Crippen molar-refractivity contribution in [3.05, 3.63) is 12.0 Å². The molecule has 0 radical (unpaired) electrons. The number of anilines is 1. The number of nitrogens with one attached hydrogen (secondary N) is 1. The van der Waals surface area contributed by atoms with Gasteiger partial charge in [0.2, 0.25) is 0 Å². The van der Waals surface area contributed by atoms with Crippen molar-refractivity contribution in [1.29, 1.82) is 0 Å². The smallest absolute Gasteiger partial charge is 0.360 e. The zero-order valence-corrected chi connectivity index (χ0v) is 11.6. The van der Waals surface area contributed by atoms with Gasteiger partial charge in [0.25, 0.3) is 6.01 Å². The SMILES string of the molecule is CCOC(=O)c1coc(NC2CCC(CC)CC2)n1. The zero-order valence-electron chi connectivity index (χ0n) is 11.6. The minimum atomic E-state index is -0.436. The van der Waals surface area contributed by atoms with E-state index in [-0.39, 0.29) is 5.69 Å². The fourth-order valence-corrected chi connectivity index (χ4v) is 2.53. The Kier molecular flexibility index (Phi) is 4.82. The predicted octanol–water partition coefficient (Wildman–Crippen LogP) is 3.23. The topological polar surface area (TPSA) is 64.4 Å². The van der Waals surface area contributed by atoms with Crippen LogP contribution in [-0.2, 0) is 4.74 Å². The van der Waals surface area contributed by atoms with Gasteiger partial charge in [-0.25, -0.2) is 4.79 Å². The van der Waals surface area contributed by atoms with E-state index < -0.39 is 5.97 Å². The van der Waals surface area contributed by atoms with Crippen LogP contribution in [0.15, 0.2) is 10.7 Å². The Bertz CT molecular complexity index is 409. The molecule has 2 rings (SSSR count). The number of oxazole rings is 1. The molecule has 0 aliphatic heterocycles. The lowest BCUT2D eigenvalue weighted by Crippen LogP contribution is -2.26. The summed E-state index contributed by atoms with van der Waals surface area (Å²) in [5, 5.41) is 3.26. The van der Waals surface area contributed by atoms with Crippen LogP contribution in [0.2, 0.25) is 0 Å². The van der Waals surface area contributed by atoms with Gasteiger partial charge in [-0.3, -0.25) is 0 Å². The van der Waals surface area contributed by atoms with Gasteiger partial charge < -0.3 is 14.5 Å². The summed E-state index contributed by atoms with van der Waals surface area (Å²) in [4.78, 5) is 15.6. The maximum Gasteiger partial charge on any atom is 0.360 e. The van der Waals surface area contributed by atoms with Crippen molar-refractivity contribution in [3.8, 4) is 0 Å². The van der Waals surface area contributed by atoms with Gasteiger partial charge in [0, 0.05) is 6.04 Å². The van der Waals surface area contributed by atoms with Crippen molar-refractivity contribution in [2.24, 2.45) is 5.92 Å². The number of esters is 1. The second-order valence-corrected chi connectivity index (χ2v) is 5.03. The molecule has 0 bridgehead atoms. The Hall–Kier alpha value is -1.52. The molecule has 1 aromatic heterocycles. The first-order valence-corrected chi connectivity index (χ1v) is 7.12.